The molecule has 1 aliphatic heterocycles. The Bertz CT molecular complexity index is 591. The van der Waals surface area contributed by atoms with Gasteiger partial charge in [0, 0.05) is 31.4 Å². The molecule has 0 aromatic carbocycles. The molecule has 2 atom stereocenters. The number of hydrogen-bond donors (Lipinski definition) is 1. The maximum Gasteiger partial charge on any atom is 0.244 e. The smallest absolute Gasteiger partial charge is 0.244 e. The molecule has 7 heteroatoms. The van der Waals surface area contributed by atoms with E-state index in [0.717, 1.165) is 0 Å². The van der Waals surface area contributed by atoms with Crippen LogP contribution in [0.2, 0.25) is 0 Å². The summed E-state index contributed by atoms with van der Waals surface area (Å²) in [5.41, 5.74) is 0.209. The molecule has 1 aliphatic rings. The van der Waals surface area contributed by atoms with Crippen molar-refractivity contribution in [2.45, 2.75) is 30.8 Å². The van der Waals surface area contributed by atoms with Gasteiger partial charge in [-0.25, -0.2) is 13.4 Å². The van der Waals surface area contributed by atoms with Crippen molar-refractivity contribution in [3.63, 3.8) is 0 Å². The lowest BCUT2D eigenvalue weighted by atomic mass is 10.2. The van der Waals surface area contributed by atoms with E-state index in [1.54, 1.807) is 0 Å². The van der Waals surface area contributed by atoms with Crippen LogP contribution in [0.25, 0.3) is 0 Å². The van der Waals surface area contributed by atoms with Crippen LogP contribution in [0.4, 0.5) is 0 Å². The van der Waals surface area contributed by atoms with Gasteiger partial charge in [0.1, 0.15) is 16.7 Å². The quantitative estimate of drug-likeness (QED) is 0.843. The Labute approximate surface area is 113 Å². The highest BCUT2D eigenvalue weighted by molar-refractivity contribution is 7.89. The molecule has 2 heterocycles. The lowest BCUT2D eigenvalue weighted by molar-refractivity contribution is 0.244. The number of nitriles is 1. The molecule has 6 nitrogen and oxygen atoms in total. The summed E-state index contributed by atoms with van der Waals surface area (Å²) < 4.78 is 26.5. The highest BCUT2D eigenvalue weighted by Crippen LogP contribution is 2.20. The van der Waals surface area contributed by atoms with Crippen LogP contribution < -0.4 is 5.32 Å². The number of rotatable bonds is 2. The Kier molecular flexibility index (Phi) is 3.85. The minimum absolute atomic E-state index is 0.100. The maximum absolute atomic E-state index is 12.5. The van der Waals surface area contributed by atoms with Crippen LogP contribution in [0.1, 0.15) is 19.5 Å². The second-order valence-corrected chi connectivity index (χ2v) is 6.61. The molecule has 2 unspecified atom stereocenters. The summed E-state index contributed by atoms with van der Waals surface area (Å²) in [4.78, 5) is 3.95. The van der Waals surface area contributed by atoms with Gasteiger partial charge < -0.3 is 5.32 Å². The van der Waals surface area contributed by atoms with Crippen LogP contribution in [0.5, 0.6) is 0 Å². The van der Waals surface area contributed by atoms with Gasteiger partial charge in [0.2, 0.25) is 10.0 Å². The predicted octanol–water partition coefficient (Wildman–Crippen LogP) is 0.324. The molecule has 1 N–H and O–H groups in total. The monoisotopic (exact) mass is 280 g/mol. The highest BCUT2D eigenvalue weighted by atomic mass is 32.2. The van der Waals surface area contributed by atoms with E-state index >= 15 is 0 Å². The number of nitrogens with zero attached hydrogens (tertiary/aromatic N) is 3. The number of sulfonamides is 1. The van der Waals surface area contributed by atoms with Gasteiger partial charge in [-0.3, -0.25) is 0 Å². The van der Waals surface area contributed by atoms with Crippen molar-refractivity contribution < 1.29 is 8.42 Å². The maximum atomic E-state index is 12.5. The molecule has 0 saturated carbocycles. The first-order valence-corrected chi connectivity index (χ1v) is 7.50. The van der Waals surface area contributed by atoms with Crippen LogP contribution in [0, 0.1) is 11.3 Å². The van der Waals surface area contributed by atoms with Gasteiger partial charge in [-0.15, -0.1) is 0 Å². The number of piperazine rings is 1. The Morgan fingerprint density at radius 3 is 2.79 bits per heavy atom. The molecule has 1 aromatic heterocycles. The zero-order valence-corrected chi connectivity index (χ0v) is 11.7. The van der Waals surface area contributed by atoms with Gasteiger partial charge in [0.25, 0.3) is 0 Å². The van der Waals surface area contributed by atoms with Crippen molar-refractivity contribution in [3.05, 3.63) is 24.0 Å². The van der Waals surface area contributed by atoms with Crippen LogP contribution in [0.15, 0.2) is 23.2 Å². The normalized spacial score (nSPS) is 24.9. The van der Waals surface area contributed by atoms with E-state index in [4.69, 9.17) is 5.26 Å². The molecule has 0 amide bonds. The van der Waals surface area contributed by atoms with Gasteiger partial charge in [-0.05, 0) is 26.0 Å². The van der Waals surface area contributed by atoms with Gasteiger partial charge >= 0.3 is 0 Å². The second-order valence-electron chi connectivity index (χ2n) is 4.72. The number of nitrogens with one attached hydrogen (secondary N) is 1. The topological polar surface area (TPSA) is 86.1 Å². The third-order valence-corrected chi connectivity index (χ3v) is 5.13. The third kappa shape index (κ3) is 2.76. The van der Waals surface area contributed by atoms with Crippen molar-refractivity contribution in [3.8, 4) is 6.07 Å². The largest absolute Gasteiger partial charge is 0.311 e. The third-order valence-electron chi connectivity index (χ3n) is 3.16. The predicted molar refractivity (Wildman–Crippen MR) is 69.8 cm³/mol. The standard InChI is InChI=1S/C12H16N4O2S/c1-9-8-16(10(2)6-14-9)19(17,18)12-4-3-11(5-13)15-7-12/h3-4,7,9-10,14H,6,8H2,1-2H3. The van der Waals surface area contributed by atoms with Gasteiger partial charge in [-0.1, -0.05) is 0 Å². The fourth-order valence-corrected chi connectivity index (χ4v) is 3.72. The van der Waals surface area contributed by atoms with Gasteiger partial charge in [0.15, 0.2) is 0 Å². The molecule has 0 radical (unpaired) electrons. The van der Waals surface area contributed by atoms with Crippen molar-refractivity contribution in [2.24, 2.45) is 0 Å². The number of hydrogen-bond acceptors (Lipinski definition) is 5. The Balaban J connectivity index is 2.33. The summed E-state index contributed by atoms with van der Waals surface area (Å²) in [6, 6.07) is 4.74. The fourth-order valence-electron chi connectivity index (χ4n) is 2.06. The molecule has 2 rings (SSSR count). The minimum atomic E-state index is -3.55. The highest BCUT2D eigenvalue weighted by Gasteiger charge is 2.33. The van der Waals surface area contributed by atoms with Crippen molar-refractivity contribution in [1.82, 2.24) is 14.6 Å². The van der Waals surface area contributed by atoms with Crippen molar-refractivity contribution in [2.75, 3.05) is 13.1 Å². The van der Waals surface area contributed by atoms with E-state index in [0.29, 0.717) is 13.1 Å². The summed E-state index contributed by atoms with van der Waals surface area (Å²) in [6.45, 7) is 4.88. The molecular formula is C12H16N4O2S. The van der Waals surface area contributed by atoms with Gasteiger partial charge in [-0.2, -0.15) is 9.57 Å². The lowest BCUT2D eigenvalue weighted by Crippen LogP contribution is -2.56. The Morgan fingerprint density at radius 1 is 1.47 bits per heavy atom. The number of pyridine rings is 1. The van der Waals surface area contributed by atoms with Crippen LogP contribution in [-0.2, 0) is 10.0 Å². The molecule has 1 aromatic rings. The summed E-state index contributed by atoms with van der Waals surface area (Å²) in [5, 5.41) is 11.9. The molecule has 0 spiro atoms. The lowest BCUT2D eigenvalue weighted by Gasteiger charge is -2.36. The molecule has 1 saturated heterocycles. The SMILES string of the molecule is CC1CN(S(=O)(=O)c2ccc(C#N)nc2)C(C)CN1. The Hall–Kier alpha value is -1.49. The zero-order valence-electron chi connectivity index (χ0n) is 10.9. The molecule has 1 fully saturated rings. The first-order valence-electron chi connectivity index (χ1n) is 6.06. The van der Waals surface area contributed by atoms with E-state index < -0.39 is 10.0 Å². The number of aromatic nitrogens is 1. The summed E-state index contributed by atoms with van der Waals surface area (Å²) in [6.07, 6.45) is 1.24. The van der Waals surface area contributed by atoms with Crippen molar-refractivity contribution >= 4 is 10.0 Å². The van der Waals surface area contributed by atoms with Crippen molar-refractivity contribution in [1.29, 1.82) is 5.26 Å². The van der Waals surface area contributed by atoms with Crippen LogP contribution in [0.3, 0.4) is 0 Å². The van der Waals surface area contributed by atoms with E-state index in [1.807, 2.05) is 19.9 Å². The minimum Gasteiger partial charge on any atom is -0.311 e. The van der Waals surface area contributed by atoms with E-state index in [2.05, 4.69) is 10.3 Å². The molecule has 0 bridgehead atoms. The fraction of sp³-hybridized carbons (Fsp3) is 0.500. The first-order chi connectivity index (χ1) is 8.95. The average Bonchev–Trinajstić information content (AvgIpc) is 2.41. The molecule has 0 aliphatic carbocycles. The summed E-state index contributed by atoms with van der Waals surface area (Å²) >= 11 is 0. The van der Waals surface area contributed by atoms with Crippen LogP contribution in [-0.4, -0.2) is 42.9 Å². The average molecular weight is 280 g/mol. The zero-order chi connectivity index (χ0) is 14.0. The van der Waals surface area contributed by atoms with E-state index in [9.17, 15) is 8.42 Å². The Morgan fingerprint density at radius 2 is 2.21 bits per heavy atom. The molecule has 102 valence electrons. The summed E-state index contributed by atoms with van der Waals surface area (Å²) in [5.74, 6) is 0. The first kappa shape index (κ1) is 13.9. The molecule has 19 heavy (non-hydrogen) atoms. The van der Waals surface area contributed by atoms with E-state index in [1.165, 1.54) is 22.6 Å². The molecular weight excluding hydrogens is 264 g/mol. The van der Waals surface area contributed by atoms with E-state index in [-0.39, 0.29) is 22.7 Å². The second kappa shape index (κ2) is 5.25. The van der Waals surface area contributed by atoms with Gasteiger partial charge in [0.05, 0.1) is 0 Å². The van der Waals surface area contributed by atoms with Crippen LogP contribution >= 0.6 is 0 Å². The summed E-state index contributed by atoms with van der Waals surface area (Å²) in [7, 11) is -3.55.